The van der Waals surface area contributed by atoms with Gasteiger partial charge in [0, 0.05) is 10.4 Å². The van der Waals surface area contributed by atoms with Gasteiger partial charge in [-0.05, 0) is 73.0 Å². The standard InChI is InChI=1S/C29H22ClN3O11S3.2Na/c1-17-7-10-20(11-8-17)33(47(41,42)43)24-16-22(45(35,36)37)13-18-14-26(46(38,39)40)28(29(34)27(18)24)32-31-23-15-19(30)9-12-25(23)44-21-5-3-2-4-6-21;;/h2-16,34H,1H3,(H,35,36,37)(H,38,39,40)(H,41,42,43);;/q;2*+1/p-2. The van der Waals surface area contributed by atoms with Gasteiger partial charge in [-0.2, -0.15) is 16.8 Å². The molecule has 0 unspecified atom stereocenters. The number of hydrogen-bond acceptors (Lipinski definition) is 11. The van der Waals surface area contributed by atoms with E-state index in [2.05, 4.69) is 10.2 Å². The molecule has 14 nitrogen and oxygen atoms in total. The van der Waals surface area contributed by atoms with Crippen molar-refractivity contribution in [3.05, 3.63) is 102 Å². The molecule has 2 N–H and O–H groups in total. The Bertz CT molecular complexity index is 2400. The van der Waals surface area contributed by atoms with E-state index in [4.69, 9.17) is 16.3 Å². The molecule has 0 aliphatic rings. The van der Waals surface area contributed by atoms with Crippen LogP contribution in [-0.2, 0) is 30.5 Å². The molecular formula is C29H20ClN3Na2O11S3. The molecule has 0 fully saturated rings. The fourth-order valence-corrected chi connectivity index (χ4v) is 6.60. The molecule has 0 saturated carbocycles. The molecule has 0 aliphatic carbocycles. The van der Waals surface area contributed by atoms with Crippen LogP contribution >= 0.6 is 11.6 Å². The second-order valence-electron chi connectivity index (χ2n) is 9.83. The number of halogens is 1. The summed E-state index contributed by atoms with van der Waals surface area (Å²) in [7, 11) is -16.0. The van der Waals surface area contributed by atoms with E-state index in [1.165, 1.54) is 42.5 Å². The number of para-hydroxylation sites is 1. The summed E-state index contributed by atoms with van der Waals surface area (Å²) in [5, 5.41) is 20.6. The molecule has 0 spiro atoms. The van der Waals surface area contributed by atoms with Gasteiger partial charge in [-0.1, -0.05) is 53.2 Å². The largest absolute Gasteiger partial charge is 1.00 e. The third-order valence-electron chi connectivity index (χ3n) is 6.52. The summed E-state index contributed by atoms with van der Waals surface area (Å²) < 4.78 is 113. The molecule has 5 aromatic carbocycles. The number of nitrogens with zero attached hydrogens (tertiary/aromatic N) is 3. The average Bonchev–Trinajstić information content (AvgIpc) is 2.97. The van der Waals surface area contributed by atoms with Crippen LogP contribution in [0, 0.1) is 6.92 Å². The van der Waals surface area contributed by atoms with Crippen molar-refractivity contribution in [1.82, 2.24) is 0 Å². The van der Waals surface area contributed by atoms with Crippen LogP contribution in [0.25, 0.3) is 10.8 Å². The van der Waals surface area contributed by atoms with E-state index >= 15 is 0 Å². The zero-order chi connectivity index (χ0) is 34.3. The van der Waals surface area contributed by atoms with Crippen molar-refractivity contribution in [2.75, 3.05) is 4.31 Å². The van der Waals surface area contributed by atoms with Crippen LogP contribution in [0.2, 0.25) is 5.02 Å². The van der Waals surface area contributed by atoms with Crippen molar-refractivity contribution in [2.45, 2.75) is 16.7 Å². The summed E-state index contributed by atoms with van der Waals surface area (Å²) in [6.07, 6.45) is 0. The van der Waals surface area contributed by atoms with Crippen LogP contribution in [0.3, 0.4) is 0 Å². The van der Waals surface area contributed by atoms with E-state index in [0.717, 1.165) is 0 Å². The summed E-state index contributed by atoms with van der Waals surface area (Å²) >= 11 is 6.12. The Morgan fingerprint density at radius 3 is 2.02 bits per heavy atom. The first kappa shape index (κ1) is 40.8. The van der Waals surface area contributed by atoms with E-state index in [-0.39, 0.29) is 85.6 Å². The smallest absolute Gasteiger partial charge is 0.870 e. The second kappa shape index (κ2) is 15.7. The SMILES string of the molecule is Cc1ccc(N(c2cc(S(=O)(=O)[O-])cc3cc(S(=O)(=O)O)c(N=Nc4cc(Cl)ccc4Oc4ccccc4)c([O-])c23)S(=O)(=O)O)cc1.[Na+].[Na+]. The molecule has 0 radical (unpaired) electrons. The van der Waals surface area contributed by atoms with Gasteiger partial charge in [0.15, 0.2) is 5.75 Å². The molecule has 244 valence electrons. The van der Waals surface area contributed by atoms with Crippen LogP contribution in [0.5, 0.6) is 17.2 Å². The molecule has 0 bridgehead atoms. The van der Waals surface area contributed by atoms with Crippen molar-refractivity contribution in [2.24, 2.45) is 10.2 Å². The van der Waals surface area contributed by atoms with Crippen LogP contribution < -0.4 is 73.3 Å². The molecule has 0 saturated heterocycles. The molecule has 20 heteroatoms. The second-order valence-corrected chi connectivity index (χ2v) is 14.3. The van der Waals surface area contributed by atoms with E-state index in [0.29, 0.717) is 29.5 Å². The Morgan fingerprint density at radius 1 is 0.816 bits per heavy atom. The molecule has 5 rings (SSSR count). The van der Waals surface area contributed by atoms with Gasteiger partial charge < -0.3 is 14.4 Å². The predicted molar refractivity (Wildman–Crippen MR) is 168 cm³/mol. The Morgan fingerprint density at radius 2 is 1.45 bits per heavy atom. The fourth-order valence-electron chi connectivity index (χ4n) is 4.47. The topological polar surface area (TPSA) is 226 Å². The van der Waals surface area contributed by atoms with Crippen molar-refractivity contribution in [1.29, 1.82) is 0 Å². The zero-order valence-corrected chi connectivity index (χ0v) is 32.9. The summed E-state index contributed by atoms with van der Waals surface area (Å²) in [5.41, 5.74) is -1.62. The van der Waals surface area contributed by atoms with Crippen molar-refractivity contribution < 1.29 is 108 Å². The number of fused-ring (bicyclic) bond motifs is 1. The predicted octanol–water partition coefficient (Wildman–Crippen LogP) is 0.183. The van der Waals surface area contributed by atoms with Crippen LogP contribution in [0.1, 0.15) is 5.56 Å². The Labute approximate surface area is 330 Å². The number of anilines is 2. The normalized spacial score (nSPS) is 11.9. The number of ether oxygens (including phenoxy) is 1. The van der Waals surface area contributed by atoms with E-state index in [9.17, 15) is 44.0 Å². The first-order valence-electron chi connectivity index (χ1n) is 13.0. The van der Waals surface area contributed by atoms with Gasteiger partial charge in [-0.25, -0.2) is 12.7 Å². The average molecular weight is 764 g/mol. The molecule has 0 heterocycles. The van der Waals surface area contributed by atoms with Gasteiger partial charge in [-0.15, -0.1) is 10.2 Å². The summed E-state index contributed by atoms with van der Waals surface area (Å²) in [6, 6.07) is 19.6. The fraction of sp³-hybridized carbons (Fsp3) is 0.0345. The Balaban J connectivity index is 0.00000325. The Hall–Kier alpha value is -2.62. The molecule has 0 aliphatic heterocycles. The van der Waals surface area contributed by atoms with Crippen LogP contribution in [0.4, 0.5) is 22.7 Å². The minimum absolute atomic E-state index is 0. The Kier molecular flexibility index (Phi) is 13.1. The minimum atomic E-state index is -5.37. The summed E-state index contributed by atoms with van der Waals surface area (Å²) in [5.74, 6) is -0.943. The van der Waals surface area contributed by atoms with E-state index in [1.807, 2.05) is 0 Å². The third-order valence-corrected chi connectivity index (χ3v) is 9.30. The number of rotatable bonds is 9. The summed E-state index contributed by atoms with van der Waals surface area (Å²) in [6.45, 7) is 1.67. The van der Waals surface area contributed by atoms with Gasteiger partial charge in [-0.3, -0.25) is 9.11 Å². The van der Waals surface area contributed by atoms with E-state index in [1.54, 1.807) is 37.3 Å². The zero-order valence-electron chi connectivity index (χ0n) is 25.7. The van der Waals surface area contributed by atoms with Crippen LogP contribution in [-0.4, -0.2) is 38.9 Å². The monoisotopic (exact) mass is 763 g/mol. The quantitative estimate of drug-likeness (QED) is 0.117. The maximum absolute atomic E-state index is 14.0. The van der Waals surface area contributed by atoms with Gasteiger partial charge in [0.1, 0.15) is 26.5 Å². The van der Waals surface area contributed by atoms with E-state index < -0.39 is 68.2 Å². The number of aryl methyl sites for hydroxylation is 1. The third kappa shape index (κ3) is 9.39. The molecular weight excluding hydrogens is 744 g/mol. The molecule has 5 aromatic rings. The molecule has 49 heavy (non-hydrogen) atoms. The molecule has 0 amide bonds. The van der Waals surface area contributed by atoms with Gasteiger partial charge >= 0.3 is 69.4 Å². The van der Waals surface area contributed by atoms with Gasteiger partial charge in [0.05, 0.1) is 22.0 Å². The van der Waals surface area contributed by atoms with Crippen molar-refractivity contribution in [3.63, 3.8) is 0 Å². The van der Waals surface area contributed by atoms with Crippen molar-refractivity contribution >= 4 is 75.7 Å². The van der Waals surface area contributed by atoms with Gasteiger partial charge in [0.2, 0.25) is 0 Å². The van der Waals surface area contributed by atoms with Gasteiger partial charge in [0.25, 0.3) is 10.1 Å². The molecule has 0 atom stereocenters. The maximum atomic E-state index is 14.0. The number of benzene rings is 5. The number of azo groups is 1. The minimum Gasteiger partial charge on any atom is -0.870 e. The van der Waals surface area contributed by atoms with Crippen molar-refractivity contribution in [3.8, 4) is 17.2 Å². The first-order chi connectivity index (χ1) is 21.9. The maximum Gasteiger partial charge on any atom is 1.00 e. The number of hydrogen-bond donors (Lipinski definition) is 2. The molecule has 0 aromatic heterocycles. The first-order valence-corrected chi connectivity index (χ1v) is 17.6. The summed E-state index contributed by atoms with van der Waals surface area (Å²) in [4.78, 5) is -2.25. The van der Waals surface area contributed by atoms with Crippen LogP contribution in [0.15, 0.2) is 111 Å².